The molecule has 0 bridgehead atoms. The molecule has 5 heteroatoms. The SMILES string of the molecule is CCCCCCCCCCCCCCCCC(O)(CC(=O)C(C)O)C(=O)O. The van der Waals surface area contributed by atoms with Gasteiger partial charge in [0.15, 0.2) is 11.4 Å². The van der Waals surface area contributed by atoms with E-state index < -0.39 is 29.9 Å². The molecular weight excluding hydrogens is 344 g/mol. The van der Waals surface area contributed by atoms with Crippen molar-refractivity contribution in [1.29, 1.82) is 0 Å². The highest BCUT2D eigenvalue weighted by atomic mass is 16.4. The fourth-order valence-electron chi connectivity index (χ4n) is 3.32. The minimum atomic E-state index is -2.05. The van der Waals surface area contributed by atoms with E-state index in [4.69, 9.17) is 0 Å². The van der Waals surface area contributed by atoms with Gasteiger partial charge in [0.1, 0.15) is 6.10 Å². The van der Waals surface area contributed by atoms with Crippen LogP contribution in [0.2, 0.25) is 0 Å². The second kappa shape index (κ2) is 16.1. The van der Waals surface area contributed by atoms with Gasteiger partial charge >= 0.3 is 5.97 Å². The highest BCUT2D eigenvalue weighted by Crippen LogP contribution is 2.22. The van der Waals surface area contributed by atoms with Gasteiger partial charge < -0.3 is 15.3 Å². The highest BCUT2D eigenvalue weighted by molar-refractivity contribution is 5.89. The van der Waals surface area contributed by atoms with Gasteiger partial charge in [-0.1, -0.05) is 90.4 Å². The van der Waals surface area contributed by atoms with Crippen LogP contribution in [0.25, 0.3) is 0 Å². The van der Waals surface area contributed by atoms with Gasteiger partial charge in [-0.15, -0.1) is 0 Å². The number of aliphatic carboxylic acids is 1. The van der Waals surface area contributed by atoms with Gasteiger partial charge in [-0.05, 0) is 19.8 Å². The molecule has 0 saturated heterocycles. The lowest BCUT2D eigenvalue weighted by Gasteiger charge is -2.23. The molecule has 0 radical (unpaired) electrons. The van der Waals surface area contributed by atoms with Crippen molar-refractivity contribution in [2.24, 2.45) is 0 Å². The Bertz CT molecular complexity index is 394. The van der Waals surface area contributed by atoms with Crippen LogP contribution < -0.4 is 0 Å². The number of carbonyl (C=O) groups is 2. The molecule has 27 heavy (non-hydrogen) atoms. The van der Waals surface area contributed by atoms with E-state index in [1.54, 1.807) is 0 Å². The molecule has 0 aliphatic heterocycles. The number of Topliss-reactive ketones (excluding diaryl/α,β-unsaturated/α-hetero) is 1. The summed E-state index contributed by atoms with van der Waals surface area (Å²) in [5, 5.41) is 28.6. The second-order valence-corrected chi connectivity index (χ2v) is 8.00. The molecule has 0 rings (SSSR count). The quantitative estimate of drug-likeness (QED) is 0.271. The molecule has 0 amide bonds. The van der Waals surface area contributed by atoms with Gasteiger partial charge in [0.05, 0.1) is 0 Å². The zero-order chi connectivity index (χ0) is 20.5. The third-order valence-electron chi connectivity index (χ3n) is 5.27. The van der Waals surface area contributed by atoms with Crippen LogP contribution in [0.15, 0.2) is 0 Å². The normalized spacial score (nSPS) is 14.7. The number of unbranched alkanes of at least 4 members (excludes halogenated alkanes) is 13. The molecule has 0 aromatic carbocycles. The Morgan fingerprint density at radius 3 is 1.48 bits per heavy atom. The number of carboxylic acid groups (broad SMARTS) is 1. The molecule has 2 atom stereocenters. The van der Waals surface area contributed by atoms with Crippen molar-refractivity contribution < 1.29 is 24.9 Å². The van der Waals surface area contributed by atoms with Crippen LogP contribution in [-0.2, 0) is 9.59 Å². The van der Waals surface area contributed by atoms with E-state index in [9.17, 15) is 24.9 Å². The van der Waals surface area contributed by atoms with Crippen molar-refractivity contribution in [3.63, 3.8) is 0 Å². The highest BCUT2D eigenvalue weighted by Gasteiger charge is 2.38. The van der Waals surface area contributed by atoms with Crippen LogP contribution in [0.4, 0.5) is 0 Å². The van der Waals surface area contributed by atoms with Crippen LogP contribution in [-0.4, -0.2) is 38.8 Å². The predicted molar refractivity (Wildman–Crippen MR) is 109 cm³/mol. The Morgan fingerprint density at radius 1 is 0.778 bits per heavy atom. The van der Waals surface area contributed by atoms with Gasteiger partial charge in [0.25, 0.3) is 0 Å². The van der Waals surface area contributed by atoms with Crippen molar-refractivity contribution >= 4 is 11.8 Å². The first-order valence-corrected chi connectivity index (χ1v) is 11.0. The van der Waals surface area contributed by atoms with Gasteiger partial charge in [-0.3, -0.25) is 4.79 Å². The lowest BCUT2D eigenvalue weighted by atomic mass is 9.89. The third kappa shape index (κ3) is 13.8. The summed E-state index contributed by atoms with van der Waals surface area (Å²) < 4.78 is 0. The summed E-state index contributed by atoms with van der Waals surface area (Å²) in [5.74, 6) is -2.02. The summed E-state index contributed by atoms with van der Waals surface area (Å²) >= 11 is 0. The fourth-order valence-corrected chi connectivity index (χ4v) is 3.32. The fraction of sp³-hybridized carbons (Fsp3) is 0.909. The predicted octanol–water partition coefficient (Wildman–Crippen LogP) is 5.01. The molecule has 0 aromatic rings. The topological polar surface area (TPSA) is 94.8 Å². The smallest absolute Gasteiger partial charge is 0.336 e. The van der Waals surface area contributed by atoms with E-state index in [0.717, 1.165) is 19.3 Å². The zero-order valence-corrected chi connectivity index (χ0v) is 17.5. The molecule has 5 nitrogen and oxygen atoms in total. The molecular formula is C22H42O5. The number of aliphatic hydroxyl groups excluding tert-OH is 1. The van der Waals surface area contributed by atoms with Crippen molar-refractivity contribution in [3.05, 3.63) is 0 Å². The average Bonchev–Trinajstić information content (AvgIpc) is 2.61. The number of ketones is 1. The molecule has 2 unspecified atom stereocenters. The van der Waals surface area contributed by atoms with Gasteiger partial charge in [-0.25, -0.2) is 4.79 Å². The summed E-state index contributed by atoms with van der Waals surface area (Å²) in [6, 6.07) is 0. The van der Waals surface area contributed by atoms with Crippen LogP contribution >= 0.6 is 0 Å². The summed E-state index contributed by atoms with van der Waals surface area (Å²) in [6.07, 6.45) is 15.1. The van der Waals surface area contributed by atoms with E-state index in [2.05, 4.69) is 6.92 Å². The number of hydrogen-bond acceptors (Lipinski definition) is 4. The maximum Gasteiger partial charge on any atom is 0.336 e. The first-order chi connectivity index (χ1) is 12.8. The van der Waals surface area contributed by atoms with Gasteiger partial charge in [0, 0.05) is 6.42 Å². The van der Waals surface area contributed by atoms with Gasteiger partial charge in [-0.2, -0.15) is 0 Å². The molecule has 0 aliphatic carbocycles. The van der Waals surface area contributed by atoms with Crippen molar-refractivity contribution in [2.75, 3.05) is 0 Å². The first-order valence-electron chi connectivity index (χ1n) is 11.0. The largest absolute Gasteiger partial charge is 0.479 e. The molecule has 0 aliphatic rings. The summed E-state index contributed by atoms with van der Waals surface area (Å²) in [4.78, 5) is 22.8. The van der Waals surface area contributed by atoms with Crippen molar-refractivity contribution in [2.45, 2.75) is 128 Å². The van der Waals surface area contributed by atoms with Crippen LogP contribution in [0, 0.1) is 0 Å². The van der Waals surface area contributed by atoms with E-state index in [0.29, 0.717) is 6.42 Å². The molecule has 0 aromatic heterocycles. The molecule has 3 N–H and O–H groups in total. The third-order valence-corrected chi connectivity index (χ3v) is 5.27. The standard InChI is InChI=1S/C22H42O5/c1-3-4-5-6-7-8-9-10-11-12-13-14-15-16-17-22(27,21(25)26)18-20(24)19(2)23/h19,23,27H,3-18H2,1-2H3,(H,25,26). The summed E-state index contributed by atoms with van der Waals surface area (Å²) in [5.41, 5.74) is -2.05. The number of hydrogen-bond donors (Lipinski definition) is 3. The van der Waals surface area contributed by atoms with E-state index >= 15 is 0 Å². The number of carbonyl (C=O) groups excluding carboxylic acids is 1. The summed E-state index contributed by atoms with van der Waals surface area (Å²) in [7, 11) is 0. The first kappa shape index (κ1) is 26.1. The molecule has 0 spiro atoms. The Kier molecular flexibility index (Phi) is 15.5. The zero-order valence-electron chi connectivity index (χ0n) is 17.5. The van der Waals surface area contributed by atoms with Crippen molar-refractivity contribution in [1.82, 2.24) is 0 Å². The minimum Gasteiger partial charge on any atom is -0.479 e. The van der Waals surface area contributed by atoms with Crippen LogP contribution in [0.3, 0.4) is 0 Å². The van der Waals surface area contributed by atoms with Gasteiger partial charge in [0.2, 0.25) is 0 Å². The maximum atomic E-state index is 11.5. The second-order valence-electron chi connectivity index (χ2n) is 8.00. The maximum absolute atomic E-state index is 11.5. The van der Waals surface area contributed by atoms with Crippen LogP contribution in [0.5, 0.6) is 0 Å². The lowest BCUT2D eigenvalue weighted by molar-refractivity contribution is -0.163. The Morgan fingerprint density at radius 2 is 1.15 bits per heavy atom. The number of aliphatic hydroxyl groups is 2. The number of rotatable bonds is 19. The van der Waals surface area contributed by atoms with E-state index in [-0.39, 0.29) is 6.42 Å². The minimum absolute atomic E-state index is 0.0544. The monoisotopic (exact) mass is 386 g/mol. The molecule has 0 heterocycles. The molecule has 160 valence electrons. The van der Waals surface area contributed by atoms with Crippen LogP contribution in [0.1, 0.15) is 117 Å². The lowest BCUT2D eigenvalue weighted by Crippen LogP contribution is -2.42. The molecule has 0 fully saturated rings. The molecule has 0 saturated carbocycles. The Balaban J connectivity index is 3.63. The van der Waals surface area contributed by atoms with Crippen molar-refractivity contribution in [3.8, 4) is 0 Å². The number of carboxylic acids is 1. The summed E-state index contributed by atoms with van der Waals surface area (Å²) in [6.45, 7) is 3.53. The Labute approximate surface area is 165 Å². The van der Waals surface area contributed by atoms with E-state index in [1.165, 1.54) is 71.1 Å². The van der Waals surface area contributed by atoms with E-state index in [1.807, 2.05) is 0 Å². The Hall–Kier alpha value is -0.940. The average molecular weight is 387 g/mol.